The predicted octanol–water partition coefficient (Wildman–Crippen LogP) is 7.47. The first-order valence-electron chi connectivity index (χ1n) is 10.7. The Kier molecular flexibility index (Phi) is 15.1. The Hall–Kier alpha value is -0.100. The van der Waals surface area contributed by atoms with Crippen molar-refractivity contribution in [2.24, 2.45) is 5.92 Å². The van der Waals surface area contributed by atoms with Crippen molar-refractivity contribution in [3.05, 3.63) is 0 Å². The summed E-state index contributed by atoms with van der Waals surface area (Å²) in [5.41, 5.74) is 0. The average molecular weight is 360 g/mol. The molecule has 144 valence electrons. The molecule has 0 aromatic heterocycles. The van der Waals surface area contributed by atoms with Crippen molar-refractivity contribution in [3.8, 4) is 0 Å². The van der Waals surface area contributed by atoms with Gasteiger partial charge in [-0.25, -0.2) is 4.79 Å². The Bertz CT molecular complexity index is 282. The summed E-state index contributed by atoms with van der Waals surface area (Å²) in [6, 6.07) is 0. The maximum absolute atomic E-state index is 12.9. The van der Waals surface area contributed by atoms with E-state index < -0.39 is 7.49 Å². The van der Waals surface area contributed by atoms with Gasteiger partial charge in [-0.3, -0.25) is 0 Å². The van der Waals surface area contributed by atoms with Crippen molar-refractivity contribution < 1.29 is 9.32 Å². The lowest BCUT2D eigenvalue weighted by molar-refractivity contribution is -0.138. The molecule has 1 atom stereocenters. The SMILES string of the molecule is CCCCCC(CC)C(=O)O[P+](CCCC)(CCCC)CCCC. The summed E-state index contributed by atoms with van der Waals surface area (Å²) in [5, 5.41) is 0. The number of hydrogen-bond acceptors (Lipinski definition) is 2. The van der Waals surface area contributed by atoms with E-state index in [9.17, 15) is 4.79 Å². The van der Waals surface area contributed by atoms with Gasteiger partial charge in [0, 0.05) is 0 Å². The van der Waals surface area contributed by atoms with Crippen LogP contribution in [0.25, 0.3) is 0 Å². The fourth-order valence-electron chi connectivity index (χ4n) is 3.21. The molecule has 0 saturated heterocycles. The summed E-state index contributed by atoms with van der Waals surface area (Å²) in [4.78, 5) is 12.9. The second-order valence-corrected chi connectivity index (χ2v) is 10.9. The zero-order valence-electron chi connectivity index (χ0n) is 17.2. The van der Waals surface area contributed by atoms with Gasteiger partial charge in [-0.15, -0.1) is 0 Å². The maximum Gasteiger partial charge on any atom is 0.352 e. The molecule has 0 saturated carbocycles. The number of hydrogen-bond donors (Lipinski definition) is 0. The molecule has 3 heteroatoms. The van der Waals surface area contributed by atoms with E-state index >= 15 is 0 Å². The van der Waals surface area contributed by atoms with Crippen LogP contribution in [0.4, 0.5) is 0 Å². The quantitative estimate of drug-likeness (QED) is 0.211. The van der Waals surface area contributed by atoms with E-state index in [4.69, 9.17) is 4.52 Å². The van der Waals surface area contributed by atoms with Gasteiger partial charge in [-0.05, 0) is 32.1 Å². The van der Waals surface area contributed by atoms with Crippen LogP contribution in [0.15, 0.2) is 0 Å². The van der Waals surface area contributed by atoms with Crippen molar-refractivity contribution >= 4 is 13.5 Å². The molecule has 0 aromatic rings. The Morgan fingerprint density at radius 3 is 1.58 bits per heavy atom. The highest BCUT2D eigenvalue weighted by Crippen LogP contribution is 2.62. The van der Waals surface area contributed by atoms with Crippen LogP contribution in [0.3, 0.4) is 0 Å². The third-order valence-electron chi connectivity index (χ3n) is 5.02. The summed E-state index contributed by atoms with van der Waals surface area (Å²) in [7, 11) is -1.56. The molecule has 0 heterocycles. The van der Waals surface area contributed by atoms with E-state index in [2.05, 4.69) is 34.6 Å². The third-order valence-corrected chi connectivity index (χ3v) is 8.98. The summed E-state index contributed by atoms with van der Waals surface area (Å²) in [6.07, 6.45) is 16.2. The highest BCUT2D eigenvalue weighted by Gasteiger charge is 2.42. The largest absolute Gasteiger partial charge is 0.352 e. The zero-order valence-corrected chi connectivity index (χ0v) is 18.1. The van der Waals surface area contributed by atoms with E-state index in [-0.39, 0.29) is 11.9 Å². The van der Waals surface area contributed by atoms with Gasteiger partial charge >= 0.3 is 5.97 Å². The minimum absolute atomic E-state index is 0.126. The van der Waals surface area contributed by atoms with Gasteiger partial charge in [0.05, 0.1) is 24.4 Å². The van der Waals surface area contributed by atoms with Crippen LogP contribution >= 0.6 is 7.49 Å². The zero-order chi connectivity index (χ0) is 18.3. The second kappa shape index (κ2) is 15.2. The van der Waals surface area contributed by atoms with E-state index in [1.165, 1.54) is 51.4 Å². The predicted molar refractivity (Wildman–Crippen MR) is 110 cm³/mol. The Morgan fingerprint density at radius 1 is 0.750 bits per heavy atom. The molecule has 2 nitrogen and oxygen atoms in total. The highest BCUT2D eigenvalue weighted by atomic mass is 31.2. The summed E-state index contributed by atoms with van der Waals surface area (Å²) >= 11 is 0. The minimum Gasteiger partial charge on any atom is -0.313 e. The van der Waals surface area contributed by atoms with Crippen molar-refractivity contribution in [1.29, 1.82) is 0 Å². The molecule has 0 bridgehead atoms. The fraction of sp³-hybridized carbons (Fsp3) is 0.952. The average Bonchev–Trinajstić information content (AvgIpc) is 2.59. The Labute approximate surface area is 152 Å². The molecule has 1 unspecified atom stereocenters. The first-order chi connectivity index (χ1) is 11.6. The van der Waals surface area contributed by atoms with Crippen molar-refractivity contribution in [3.63, 3.8) is 0 Å². The molecule has 0 aliphatic heterocycles. The first kappa shape index (κ1) is 23.9. The van der Waals surface area contributed by atoms with E-state index in [0.29, 0.717) is 0 Å². The summed E-state index contributed by atoms with van der Waals surface area (Å²) < 4.78 is 6.40. The van der Waals surface area contributed by atoms with Crippen LogP contribution in [-0.2, 0) is 9.32 Å². The minimum atomic E-state index is -1.56. The van der Waals surface area contributed by atoms with E-state index in [1.54, 1.807) is 0 Å². The van der Waals surface area contributed by atoms with Crippen LogP contribution in [-0.4, -0.2) is 24.5 Å². The highest BCUT2D eigenvalue weighted by molar-refractivity contribution is 7.71. The number of rotatable bonds is 16. The van der Waals surface area contributed by atoms with Crippen molar-refractivity contribution in [1.82, 2.24) is 0 Å². The summed E-state index contributed by atoms with van der Waals surface area (Å²) in [6.45, 7) is 11.1. The Balaban J connectivity index is 4.96. The van der Waals surface area contributed by atoms with Crippen molar-refractivity contribution in [2.45, 2.75) is 105 Å². The van der Waals surface area contributed by atoms with Gasteiger partial charge in [-0.2, -0.15) is 0 Å². The molecule has 0 fully saturated rings. The van der Waals surface area contributed by atoms with Crippen LogP contribution in [0.2, 0.25) is 0 Å². The summed E-state index contributed by atoms with van der Waals surface area (Å²) in [5.74, 6) is 0.256. The molecule has 0 radical (unpaired) electrons. The van der Waals surface area contributed by atoms with Crippen LogP contribution in [0.5, 0.6) is 0 Å². The molecular formula is C21H44O2P+. The van der Waals surface area contributed by atoms with Gasteiger partial charge in [0.1, 0.15) is 0 Å². The fourth-order valence-corrected chi connectivity index (χ4v) is 7.36. The molecular weight excluding hydrogens is 315 g/mol. The van der Waals surface area contributed by atoms with Crippen LogP contribution in [0, 0.1) is 5.92 Å². The van der Waals surface area contributed by atoms with Gasteiger partial charge < -0.3 is 4.52 Å². The second-order valence-electron chi connectivity index (χ2n) is 7.30. The molecule has 0 spiro atoms. The molecule has 0 N–H and O–H groups in total. The molecule has 0 aliphatic carbocycles. The Morgan fingerprint density at radius 2 is 1.21 bits per heavy atom. The van der Waals surface area contributed by atoms with Gasteiger partial charge in [-0.1, -0.05) is 73.1 Å². The maximum atomic E-state index is 12.9. The molecule has 0 aromatic carbocycles. The van der Waals surface area contributed by atoms with Gasteiger partial charge in [0.25, 0.3) is 0 Å². The van der Waals surface area contributed by atoms with E-state index in [0.717, 1.165) is 37.7 Å². The van der Waals surface area contributed by atoms with Crippen LogP contribution < -0.4 is 0 Å². The lowest BCUT2D eigenvalue weighted by atomic mass is 9.99. The lowest BCUT2D eigenvalue weighted by Crippen LogP contribution is -2.22. The molecule has 0 amide bonds. The number of carbonyl (C=O) groups excluding carboxylic acids is 1. The van der Waals surface area contributed by atoms with Gasteiger partial charge in [0.2, 0.25) is 0 Å². The number of carbonyl (C=O) groups is 1. The third kappa shape index (κ3) is 10.0. The van der Waals surface area contributed by atoms with Crippen LogP contribution in [0.1, 0.15) is 105 Å². The van der Waals surface area contributed by atoms with Gasteiger partial charge in [0.15, 0.2) is 7.49 Å². The van der Waals surface area contributed by atoms with E-state index in [1.807, 2.05) is 0 Å². The molecule has 24 heavy (non-hydrogen) atoms. The first-order valence-corrected chi connectivity index (χ1v) is 12.9. The number of unbranched alkanes of at least 4 members (excludes halogenated alkanes) is 5. The monoisotopic (exact) mass is 359 g/mol. The molecule has 0 aliphatic rings. The normalized spacial score (nSPS) is 13.0. The van der Waals surface area contributed by atoms with Crippen molar-refractivity contribution in [2.75, 3.05) is 18.5 Å². The lowest BCUT2D eigenvalue weighted by Gasteiger charge is -2.27. The standard InChI is InChI=1S/C21H44O2P/c1-6-11-15-16-20(10-5)21(22)23-24(17-12-7-2,18-13-8-3)19-14-9-4/h20H,6-19H2,1-5H3/q+1. The topological polar surface area (TPSA) is 26.3 Å². The molecule has 0 rings (SSSR count). The smallest absolute Gasteiger partial charge is 0.313 e.